The van der Waals surface area contributed by atoms with Crippen LogP contribution in [0.4, 0.5) is 0 Å². The van der Waals surface area contributed by atoms with Gasteiger partial charge in [-0.25, -0.2) is 4.79 Å². The average Bonchev–Trinajstić information content (AvgIpc) is 3.39. The second-order valence-corrected chi connectivity index (χ2v) is 18.8. The molecule has 0 bridgehead atoms. The lowest BCUT2D eigenvalue weighted by atomic mass is 9.98. The summed E-state index contributed by atoms with van der Waals surface area (Å²) in [4.78, 5) is 51.0. The summed E-state index contributed by atoms with van der Waals surface area (Å²) in [6.07, 6.45) is 56.3. The van der Waals surface area contributed by atoms with Gasteiger partial charge in [0, 0.05) is 19.3 Å². The highest BCUT2D eigenvalue weighted by Crippen LogP contribution is 2.26. The van der Waals surface area contributed by atoms with Crippen molar-refractivity contribution >= 4 is 23.9 Å². The van der Waals surface area contributed by atoms with Gasteiger partial charge in [0.2, 0.25) is 0 Å². The number of aliphatic hydroxyl groups excluding tert-OH is 2. The minimum Gasteiger partial charge on any atom is -0.479 e. The van der Waals surface area contributed by atoms with Crippen LogP contribution in [0.25, 0.3) is 0 Å². The maximum Gasteiger partial charge on any atom is 0.335 e. The minimum atomic E-state index is -1.94. The largest absolute Gasteiger partial charge is 0.479 e. The normalized spacial score (nSPS) is 19.1. The van der Waals surface area contributed by atoms with Gasteiger partial charge >= 0.3 is 23.9 Å². The van der Waals surface area contributed by atoms with Gasteiger partial charge in [-0.2, -0.15) is 0 Å². The zero-order valence-electron chi connectivity index (χ0n) is 46.2. The van der Waals surface area contributed by atoms with Crippen LogP contribution in [0.3, 0.4) is 0 Å². The third-order valence-electron chi connectivity index (χ3n) is 12.0. The van der Waals surface area contributed by atoms with E-state index >= 15 is 0 Å². The van der Waals surface area contributed by atoms with Gasteiger partial charge in [-0.05, 0) is 109 Å². The standard InChI is InChI=1S/C63H98O12/c1-4-7-10-13-16-19-22-25-27-28-30-32-34-37-40-43-46-49-55(64)71-52-54(73-56(65)50-47-44-41-38-36-33-29-26-23-20-17-14-11-8-5-2)53-72-63-61(59(68)58(67)60(75-63)62(69)70)74-57(66)51-48-45-42-39-35-31-24-21-18-15-12-9-6-3/h7,9-10,12,16,18-19,21,25-27,29-32,35,37,40,42,45,54,58-61,63,67-68H,4-6,8,11,13-15,17,20,22-24,28,33-34,36,38-39,41,43-44,46-53H2,1-3H3,(H,69,70)/b10-7-,12-9-,19-16-,21-18-,27-25-,29-26-,32-30-,35-31-,40-37-,45-42-. The van der Waals surface area contributed by atoms with E-state index in [-0.39, 0.29) is 25.9 Å². The summed E-state index contributed by atoms with van der Waals surface area (Å²) >= 11 is 0. The number of rotatable bonds is 46. The molecule has 422 valence electrons. The highest BCUT2D eigenvalue weighted by Gasteiger charge is 2.50. The highest BCUT2D eigenvalue weighted by atomic mass is 16.7. The monoisotopic (exact) mass is 1050 g/mol. The Labute approximate surface area is 452 Å². The molecule has 1 aliphatic rings. The van der Waals surface area contributed by atoms with Crippen molar-refractivity contribution in [2.75, 3.05) is 13.2 Å². The number of carboxylic acids is 1. The van der Waals surface area contributed by atoms with E-state index in [1.807, 2.05) is 24.3 Å². The van der Waals surface area contributed by atoms with Crippen LogP contribution in [0.15, 0.2) is 122 Å². The van der Waals surface area contributed by atoms with Gasteiger partial charge in [0.25, 0.3) is 0 Å². The maximum atomic E-state index is 13.1. The summed E-state index contributed by atoms with van der Waals surface area (Å²) in [6, 6.07) is 0. The second-order valence-electron chi connectivity index (χ2n) is 18.8. The first-order chi connectivity index (χ1) is 36.6. The van der Waals surface area contributed by atoms with E-state index in [9.17, 15) is 34.5 Å². The molecule has 75 heavy (non-hydrogen) atoms. The van der Waals surface area contributed by atoms with Crippen molar-refractivity contribution in [1.29, 1.82) is 0 Å². The van der Waals surface area contributed by atoms with Gasteiger partial charge in [-0.1, -0.05) is 194 Å². The third kappa shape index (κ3) is 40.1. The van der Waals surface area contributed by atoms with Crippen molar-refractivity contribution in [1.82, 2.24) is 0 Å². The molecule has 0 spiro atoms. The molecule has 0 aromatic heterocycles. The van der Waals surface area contributed by atoms with Crippen LogP contribution >= 0.6 is 0 Å². The number of esters is 3. The number of allylic oxidation sites excluding steroid dienone is 20. The lowest BCUT2D eigenvalue weighted by Gasteiger charge is -2.40. The highest BCUT2D eigenvalue weighted by molar-refractivity contribution is 5.74. The fraction of sp³-hybridized carbons (Fsp3) is 0.619. The van der Waals surface area contributed by atoms with Gasteiger partial charge in [0.1, 0.15) is 18.8 Å². The van der Waals surface area contributed by atoms with Crippen LogP contribution in [0.1, 0.15) is 201 Å². The second kappa shape index (κ2) is 50.0. The number of unbranched alkanes of at least 4 members (excludes halogenated alkanes) is 12. The molecule has 1 saturated heterocycles. The molecule has 0 aliphatic carbocycles. The predicted molar refractivity (Wildman–Crippen MR) is 303 cm³/mol. The Bertz CT molecular complexity index is 1770. The van der Waals surface area contributed by atoms with Crippen LogP contribution in [-0.4, -0.2) is 89.2 Å². The molecule has 12 heteroatoms. The molecule has 0 amide bonds. The zero-order valence-corrected chi connectivity index (χ0v) is 46.2. The number of hydrogen-bond acceptors (Lipinski definition) is 11. The molecule has 0 aromatic carbocycles. The van der Waals surface area contributed by atoms with Gasteiger partial charge in [-0.15, -0.1) is 0 Å². The topological polar surface area (TPSA) is 175 Å². The summed E-state index contributed by atoms with van der Waals surface area (Å²) in [5, 5.41) is 31.4. The van der Waals surface area contributed by atoms with Crippen LogP contribution in [0, 0.1) is 0 Å². The summed E-state index contributed by atoms with van der Waals surface area (Å²) < 4.78 is 28.2. The molecule has 1 aliphatic heterocycles. The van der Waals surface area contributed by atoms with Crippen molar-refractivity contribution in [2.24, 2.45) is 0 Å². The molecule has 3 N–H and O–H groups in total. The van der Waals surface area contributed by atoms with Crippen LogP contribution in [0.2, 0.25) is 0 Å². The van der Waals surface area contributed by atoms with E-state index in [1.165, 1.54) is 38.5 Å². The predicted octanol–water partition coefficient (Wildman–Crippen LogP) is 14.4. The number of aliphatic carboxylic acids is 1. The number of carbonyl (C=O) groups is 4. The van der Waals surface area contributed by atoms with E-state index in [4.69, 9.17) is 23.7 Å². The smallest absolute Gasteiger partial charge is 0.335 e. The van der Waals surface area contributed by atoms with Gasteiger partial charge in [-0.3, -0.25) is 14.4 Å². The van der Waals surface area contributed by atoms with E-state index < -0.39 is 67.3 Å². The van der Waals surface area contributed by atoms with Crippen molar-refractivity contribution in [3.8, 4) is 0 Å². The fourth-order valence-electron chi connectivity index (χ4n) is 7.70. The van der Waals surface area contributed by atoms with Crippen molar-refractivity contribution in [3.05, 3.63) is 122 Å². The Balaban J connectivity index is 2.79. The minimum absolute atomic E-state index is 0.0732. The molecule has 6 unspecified atom stereocenters. The Kier molecular flexibility index (Phi) is 45.4. The van der Waals surface area contributed by atoms with Gasteiger partial charge < -0.3 is 39.0 Å². The number of carboxylic acid groups (broad SMARTS) is 1. The first kappa shape index (κ1) is 68.1. The van der Waals surface area contributed by atoms with Crippen LogP contribution in [0.5, 0.6) is 0 Å². The molecule has 12 nitrogen and oxygen atoms in total. The van der Waals surface area contributed by atoms with E-state index in [1.54, 1.807) is 0 Å². The van der Waals surface area contributed by atoms with Crippen LogP contribution < -0.4 is 0 Å². The number of carbonyl (C=O) groups excluding carboxylic acids is 3. The Morgan fingerprint density at radius 2 is 0.880 bits per heavy atom. The molecular formula is C63H98O12. The number of ether oxygens (including phenoxy) is 5. The van der Waals surface area contributed by atoms with Gasteiger partial charge in [0.15, 0.2) is 24.6 Å². The average molecular weight is 1050 g/mol. The number of aliphatic hydroxyl groups is 2. The SMILES string of the molecule is CC/C=C\C/C=C\C/C=C\C/C=C\C/C=C\CCCC(=O)OCC(COC1OC(C(=O)O)C(O)C(O)C1OC(=O)CC/C=C\C/C=C\C/C=C\C/C=C\CC)OC(=O)CCCCCCC/C=C\CCCCCCCC. The summed E-state index contributed by atoms with van der Waals surface area (Å²) in [7, 11) is 0. The van der Waals surface area contributed by atoms with Gasteiger partial charge in [0.05, 0.1) is 6.61 Å². The molecule has 6 atom stereocenters. The summed E-state index contributed by atoms with van der Waals surface area (Å²) in [5.41, 5.74) is 0. The third-order valence-corrected chi connectivity index (χ3v) is 12.0. The van der Waals surface area contributed by atoms with E-state index in [0.717, 1.165) is 89.9 Å². The maximum absolute atomic E-state index is 13.1. The molecular weight excluding hydrogens is 949 g/mol. The molecule has 0 radical (unpaired) electrons. The first-order valence-electron chi connectivity index (χ1n) is 28.5. The molecule has 1 rings (SSSR count). The summed E-state index contributed by atoms with van der Waals surface area (Å²) in [6.45, 7) is 5.64. The van der Waals surface area contributed by atoms with Crippen molar-refractivity contribution < 1.29 is 58.2 Å². The van der Waals surface area contributed by atoms with Crippen molar-refractivity contribution in [3.63, 3.8) is 0 Å². The zero-order chi connectivity index (χ0) is 54.7. The van der Waals surface area contributed by atoms with E-state index in [2.05, 4.69) is 118 Å². The Morgan fingerprint density at radius 1 is 0.453 bits per heavy atom. The van der Waals surface area contributed by atoms with E-state index in [0.29, 0.717) is 32.1 Å². The first-order valence-corrected chi connectivity index (χ1v) is 28.5. The fourth-order valence-corrected chi connectivity index (χ4v) is 7.70. The molecule has 0 saturated carbocycles. The number of hydrogen-bond donors (Lipinski definition) is 3. The van der Waals surface area contributed by atoms with Crippen molar-refractivity contribution in [2.45, 2.75) is 237 Å². The Hall–Kier alpha value is -4.88. The van der Waals surface area contributed by atoms with Crippen LogP contribution in [-0.2, 0) is 42.9 Å². The molecule has 1 fully saturated rings. The summed E-state index contributed by atoms with van der Waals surface area (Å²) in [5.74, 6) is -3.33. The lowest BCUT2D eigenvalue weighted by Crippen LogP contribution is -2.61. The Morgan fingerprint density at radius 3 is 1.39 bits per heavy atom. The quantitative estimate of drug-likeness (QED) is 0.0228. The molecule has 1 heterocycles. The molecule has 0 aromatic rings. The lowest BCUT2D eigenvalue weighted by molar-refractivity contribution is -0.301.